The van der Waals surface area contributed by atoms with Gasteiger partial charge in [0.2, 0.25) is 0 Å². The molecule has 0 spiro atoms. The Bertz CT molecular complexity index is 139. The first-order chi connectivity index (χ1) is 5.88. The van der Waals surface area contributed by atoms with Gasteiger partial charge in [-0.2, -0.15) is 0 Å². The Morgan fingerprint density at radius 2 is 1.92 bits per heavy atom. The van der Waals surface area contributed by atoms with Crippen LogP contribution in [0.1, 0.15) is 6.42 Å². The maximum Gasteiger partial charge on any atom is 0.0558 e. The van der Waals surface area contributed by atoms with Gasteiger partial charge >= 0.3 is 0 Å². The summed E-state index contributed by atoms with van der Waals surface area (Å²) in [6, 6.07) is 0. The zero-order chi connectivity index (χ0) is 8.39. The Morgan fingerprint density at radius 3 is 2.50 bits per heavy atom. The smallest absolute Gasteiger partial charge is 0.0558 e. The van der Waals surface area contributed by atoms with Gasteiger partial charge in [0.1, 0.15) is 0 Å². The molecule has 12 heavy (non-hydrogen) atoms. The summed E-state index contributed by atoms with van der Waals surface area (Å²) in [5.74, 6) is 1.67. The number of rotatable bonds is 2. The summed E-state index contributed by atoms with van der Waals surface area (Å²) in [6.45, 7) is 5.91. The molecule has 0 saturated carbocycles. The monoisotopic (exact) mass is 170 g/mol. The van der Waals surface area contributed by atoms with Crippen molar-refractivity contribution in [2.24, 2.45) is 11.8 Å². The highest BCUT2D eigenvalue weighted by atomic mass is 16.3. The van der Waals surface area contributed by atoms with Crippen LogP contribution in [0.15, 0.2) is 0 Å². The Kier molecular flexibility index (Phi) is 2.63. The summed E-state index contributed by atoms with van der Waals surface area (Å²) in [7, 11) is 0. The van der Waals surface area contributed by atoms with Gasteiger partial charge in [0.25, 0.3) is 0 Å². The topological polar surface area (TPSA) is 35.5 Å². The number of likely N-dealkylation sites (tertiary alicyclic amines) is 1. The predicted octanol–water partition coefficient (Wildman–Crippen LogP) is -0.480. The summed E-state index contributed by atoms with van der Waals surface area (Å²) >= 11 is 0. The van der Waals surface area contributed by atoms with E-state index in [9.17, 15) is 0 Å². The highest BCUT2D eigenvalue weighted by Gasteiger charge is 2.29. The Morgan fingerprint density at radius 1 is 1.25 bits per heavy atom. The number of hydrogen-bond acceptors (Lipinski definition) is 3. The number of nitrogens with one attached hydrogen (secondary N) is 1. The predicted molar refractivity (Wildman–Crippen MR) is 48.0 cm³/mol. The van der Waals surface area contributed by atoms with Crippen LogP contribution in [0, 0.1) is 11.8 Å². The second-order valence-electron chi connectivity index (χ2n) is 4.11. The molecule has 2 aliphatic heterocycles. The lowest BCUT2D eigenvalue weighted by Gasteiger charge is -2.41. The molecule has 3 nitrogen and oxygen atoms in total. The lowest BCUT2D eigenvalue weighted by atomic mass is 9.86. The number of nitrogens with zero attached hydrogens (tertiary/aromatic N) is 1. The van der Waals surface area contributed by atoms with Gasteiger partial charge in [0.05, 0.1) is 6.61 Å². The molecule has 0 aromatic carbocycles. The van der Waals surface area contributed by atoms with E-state index in [1.165, 1.54) is 32.6 Å². The molecule has 0 radical (unpaired) electrons. The largest absolute Gasteiger partial charge is 0.395 e. The molecule has 0 aromatic rings. The van der Waals surface area contributed by atoms with Crippen molar-refractivity contribution < 1.29 is 5.11 Å². The van der Waals surface area contributed by atoms with E-state index in [1.807, 2.05) is 0 Å². The molecule has 0 aliphatic carbocycles. The third kappa shape index (κ3) is 1.79. The van der Waals surface area contributed by atoms with Crippen molar-refractivity contribution in [2.75, 3.05) is 39.3 Å². The number of hydrogen-bond donors (Lipinski definition) is 2. The van der Waals surface area contributed by atoms with Crippen LogP contribution in [0.3, 0.4) is 0 Å². The highest BCUT2D eigenvalue weighted by Crippen LogP contribution is 2.23. The van der Waals surface area contributed by atoms with E-state index in [2.05, 4.69) is 10.2 Å². The molecule has 70 valence electrons. The van der Waals surface area contributed by atoms with Crippen LogP contribution in [0.5, 0.6) is 0 Å². The first-order valence-corrected chi connectivity index (χ1v) is 4.92. The van der Waals surface area contributed by atoms with E-state index in [0.717, 1.165) is 18.4 Å². The number of piperidine rings is 2. The Hall–Kier alpha value is -0.120. The van der Waals surface area contributed by atoms with Crippen LogP contribution in [-0.4, -0.2) is 49.3 Å². The minimum Gasteiger partial charge on any atom is -0.395 e. The van der Waals surface area contributed by atoms with Gasteiger partial charge in [-0.3, -0.25) is 0 Å². The van der Waals surface area contributed by atoms with E-state index in [-0.39, 0.29) is 0 Å². The molecule has 2 aliphatic rings. The van der Waals surface area contributed by atoms with Gasteiger partial charge in [0.15, 0.2) is 0 Å². The van der Waals surface area contributed by atoms with Gasteiger partial charge in [-0.1, -0.05) is 0 Å². The summed E-state index contributed by atoms with van der Waals surface area (Å²) in [5.41, 5.74) is 0. The van der Waals surface area contributed by atoms with Crippen molar-refractivity contribution >= 4 is 0 Å². The summed E-state index contributed by atoms with van der Waals surface area (Å²) in [6.07, 6.45) is 1.40. The molecular formula is C9H18N2O. The van der Waals surface area contributed by atoms with Gasteiger partial charge in [-0.05, 0) is 31.3 Å². The van der Waals surface area contributed by atoms with Gasteiger partial charge < -0.3 is 15.3 Å². The number of aliphatic hydroxyl groups excluding tert-OH is 1. The molecule has 0 aromatic heterocycles. The van der Waals surface area contributed by atoms with E-state index in [4.69, 9.17) is 5.11 Å². The van der Waals surface area contributed by atoms with Crippen molar-refractivity contribution in [3.63, 3.8) is 0 Å². The standard InChI is InChI=1S/C9H18N2O/c12-2-1-11-6-8-3-9(7-11)5-10-4-8/h8-10,12H,1-7H2. The normalized spacial score (nSPS) is 36.8. The van der Waals surface area contributed by atoms with E-state index < -0.39 is 0 Å². The quantitative estimate of drug-likeness (QED) is 0.587. The number of fused-ring (bicyclic) bond motifs is 2. The Labute approximate surface area is 73.8 Å². The van der Waals surface area contributed by atoms with Gasteiger partial charge in [-0.15, -0.1) is 0 Å². The first kappa shape index (κ1) is 8.48. The van der Waals surface area contributed by atoms with Crippen LogP contribution in [0.25, 0.3) is 0 Å². The summed E-state index contributed by atoms with van der Waals surface area (Å²) < 4.78 is 0. The van der Waals surface area contributed by atoms with Crippen LogP contribution in [0.2, 0.25) is 0 Å². The Balaban J connectivity index is 1.87. The minimum atomic E-state index is 0.312. The van der Waals surface area contributed by atoms with Gasteiger partial charge in [0, 0.05) is 19.6 Å². The lowest BCUT2D eigenvalue weighted by molar-refractivity contribution is 0.0813. The van der Waals surface area contributed by atoms with Crippen molar-refractivity contribution in [3.8, 4) is 0 Å². The zero-order valence-corrected chi connectivity index (χ0v) is 7.50. The van der Waals surface area contributed by atoms with Crippen LogP contribution >= 0.6 is 0 Å². The van der Waals surface area contributed by atoms with Gasteiger partial charge in [-0.25, -0.2) is 0 Å². The lowest BCUT2D eigenvalue weighted by Crippen LogP contribution is -2.51. The molecule has 2 rings (SSSR count). The molecule has 3 heteroatoms. The fourth-order valence-corrected chi connectivity index (χ4v) is 2.54. The molecule has 2 saturated heterocycles. The van der Waals surface area contributed by atoms with Crippen molar-refractivity contribution in [2.45, 2.75) is 6.42 Å². The van der Waals surface area contributed by atoms with Crippen molar-refractivity contribution in [3.05, 3.63) is 0 Å². The van der Waals surface area contributed by atoms with Crippen molar-refractivity contribution in [1.29, 1.82) is 0 Å². The molecule has 2 atom stereocenters. The molecule has 2 fully saturated rings. The molecule has 2 N–H and O–H groups in total. The minimum absolute atomic E-state index is 0.312. The maximum atomic E-state index is 8.82. The zero-order valence-electron chi connectivity index (χ0n) is 7.50. The molecule has 2 unspecified atom stereocenters. The molecular weight excluding hydrogens is 152 g/mol. The third-order valence-electron chi connectivity index (χ3n) is 2.98. The van der Waals surface area contributed by atoms with Crippen LogP contribution in [0.4, 0.5) is 0 Å². The van der Waals surface area contributed by atoms with E-state index in [1.54, 1.807) is 0 Å². The van der Waals surface area contributed by atoms with E-state index in [0.29, 0.717) is 6.61 Å². The highest BCUT2D eigenvalue weighted by molar-refractivity contribution is 4.85. The second-order valence-corrected chi connectivity index (χ2v) is 4.11. The second kappa shape index (κ2) is 3.73. The number of β-amino-alcohol motifs (C(OH)–C–C–N with tert-alkyl or cyclic N) is 1. The average Bonchev–Trinajstić information content (AvgIpc) is 2.04. The third-order valence-corrected chi connectivity index (χ3v) is 2.98. The molecule has 2 bridgehead atoms. The van der Waals surface area contributed by atoms with Crippen molar-refractivity contribution in [1.82, 2.24) is 10.2 Å². The number of aliphatic hydroxyl groups is 1. The SMILES string of the molecule is OCCN1CC2CNCC(C2)C1. The fourth-order valence-electron chi connectivity index (χ4n) is 2.54. The fraction of sp³-hybridized carbons (Fsp3) is 1.00. The molecule has 2 heterocycles. The summed E-state index contributed by atoms with van der Waals surface area (Å²) in [4.78, 5) is 2.40. The van der Waals surface area contributed by atoms with Crippen LogP contribution < -0.4 is 5.32 Å². The first-order valence-electron chi connectivity index (χ1n) is 4.92. The summed E-state index contributed by atoms with van der Waals surface area (Å²) in [5, 5.41) is 12.3. The average molecular weight is 170 g/mol. The maximum absolute atomic E-state index is 8.82. The molecule has 0 amide bonds. The van der Waals surface area contributed by atoms with Crippen LogP contribution in [-0.2, 0) is 0 Å². The van der Waals surface area contributed by atoms with E-state index >= 15 is 0 Å².